The smallest absolute Gasteiger partial charge is 0.238 e. The van der Waals surface area contributed by atoms with E-state index in [-0.39, 0.29) is 18.1 Å². The molecule has 18 heavy (non-hydrogen) atoms. The number of hydrogen-bond acceptors (Lipinski definition) is 4. The maximum absolute atomic E-state index is 11.8. The Bertz CT molecular complexity index is 433. The van der Waals surface area contributed by atoms with Gasteiger partial charge in [-0.15, -0.1) is 0 Å². The molecule has 1 rings (SSSR count). The Balaban J connectivity index is 2.59. The number of Topliss-reactive ketones (excluding diaryl/α,β-unsaturated/α-hetero) is 1. The third-order valence-corrected chi connectivity index (χ3v) is 5.31. The Labute approximate surface area is 108 Å². The van der Waals surface area contributed by atoms with E-state index in [0.717, 1.165) is 6.42 Å². The van der Waals surface area contributed by atoms with Gasteiger partial charge in [-0.3, -0.25) is 9.59 Å². The predicted octanol–water partition coefficient (Wildman–Crippen LogP) is 0.685. The highest BCUT2D eigenvalue weighted by atomic mass is 32.2. The summed E-state index contributed by atoms with van der Waals surface area (Å²) in [6.45, 7) is 5.19. The molecule has 0 saturated carbocycles. The lowest BCUT2D eigenvalue weighted by atomic mass is 9.91. The first-order valence-electron chi connectivity index (χ1n) is 6.17. The lowest BCUT2D eigenvalue weighted by Gasteiger charge is -2.22. The highest BCUT2D eigenvalue weighted by Gasteiger charge is 2.35. The third kappa shape index (κ3) is 3.80. The fraction of sp³-hybridized carbons (Fsp3) is 0.833. The van der Waals surface area contributed by atoms with Crippen molar-refractivity contribution in [2.24, 2.45) is 5.41 Å². The fourth-order valence-corrected chi connectivity index (χ4v) is 3.62. The molecule has 1 unspecified atom stereocenters. The number of nitrogens with one attached hydrogen (secondary N) is 1. The van der Waals surface area contributed by atoms with Gasteiger partial charge in [0, 0.05) is 5.41 Å². The zero-order valence-corrected chi connectivity index (χ0v) is 12.0. The van der Waals surface area contributed by atoms with Gasteiger partial charge in [0.2, 0.25) is 5.91 Å². The summed E-state index contributed by atoms with van der Waals surface area (Å²) in [5.74, 6) is -0.574. The van der Waals surface area contributed by atoms with Crippen molar-refractivity contribution in [3.8, 4) is 0 Å². The van der Waals surface area contributed by atoms with Crippen LogP contribution in [0, 0.1) is 5.41 Å². The maximum Gasteiger partial charge on any atom is 0.238 e. The highest BCUT2D eigenvalue weighted by molar-refractivity contribution is 7.92. The van der Waals surface area contributed by atoms with Crippen molar-refractivity contribution in [1.29, 1.82) is 0 Å². The minimum atomic E-state index is -3.33. The molecule has 5 nitrogen and oxygen atoms in total. The van der Waals surface area contributed by atoms with Gasteiger partial charge in [0.15, 0.2) is 15.6 Å². The Morgan fingerprint density at radius 3 is 2.33 bits per heavy atom. The lowest BCUT2D eigenvalue weighted by molar-refractivity contribution is -0.129. The van der Waals surface area contributed by atoms with E-state index in [1.54, 1.807) is 20.8 Å². The topological polar surface area (TPSA) is 80.3 Å². The summed E-state index contributed by atoms with van der Waals surface area (Å²) in [5, 5.41) is 1.47. The van der Waals surface area contributed by atoms with Crippen molar-refractivity contribution in [2.75, 3.05) is 12.3 Å². The first kappa shape index (κ1) is 15.1. The SMILES string of the molecule is CC(C)(C)C(=O)CNC(=O)C1CCCCS1(=O)=O. The van der Waals surface area contributed by atoms with E-state index in [1.807, 2.05) is 0 Å². The summed E-state index contributed by atoms with van der Waals surface area (Å²) in [6.07, 6.45) is 1.72. The van der Waals surface area contributed by atoms with Crippen molar-refractivity contribution in [3.05, 3.63) is 0 Å². The van der Waals surface area contributed by atoms with E-state index in [1.165, 1.54) is 0 Å². The second-order valence-corrected chi connectivity index (χ2v) is 8.05. The van der Waals surface area contributed by atoms with Gasteiger partial charge in [0.05, 0.1) is 12.3 Å². The van der Waals surface area contributed by atoms with Crippen LogP contribution in [0.1, 0.15) is 40.0 Å². The zero-order chi connectivity index (χ0) is 14.0. The van der Waals surface area contributed by atoms with Crippen molar-refractivity contribution in [1.82, 2.24) is 5.32 Å². The maximum atomic E-state index is 11.8. The van der Waals surface area contributed by atoms with Crippen molar-refractivity contribution in [2.45, 2.75) is 45.3 Å². The highest BCUT2D eigenvalue weighted by Crippen LogP contribution is 2.20. The number of sulfone groups is 1. The Morgan fingerprint density at radius 2 is 1.83 bits per heavy atom. The van der Waals surface area contributed by atoms with Gasteiger partial charge in [-0.05, 0) is 12.8 Å². The molecule has 6 heteroatoms. The van der Waals surface area contributed by atoms with Gasteiger partial charge in [-0.1, -0.05) is 27.2 Å². The molecule has 104 valence electrons. The summed E-state index contributed by atoms with van der Waals surface area (Å²) < 4.78 is 23.4. The molecular formula is C12H21NO4S. The standard InChI is InChI=1S/C12H21NO4S/c1-12(2,3)10(14)8-13-11(15)9-6-4-5-7-18(9,16)17/h9H,4-8H2,1-3H3,(H,13,15). The number of hydrogen-bond donors (Lipinski definition) is 1. The molecular weight excluding hydrogens is 254 g/mol. The van der Waals surface area contributed by atoms with E-state index in [4.69, 9.17) is 0 Å². The molecule has 0 aromatic heterocycles. The molecule has 1 amide bonds. The minimum Gasteiger partial charge on any atom is -0.348 e. The molecule has 1 N–H and O–H groups in total. The number of amides is 1. The Hall–Kier alpha value is -0.910. The predicted molar refractivity (Wildman–Crippen MR) is 68.9 cm³/mol. The van der Waals surface area contributed by atoms with Crippen LogP contribution in [0.15, 0.2) is 0 Å². The average molecular weight is 275 g/mol. The van der Waals surface area contributed by atoms with Gasteiger partial charge < -0.3 is 5.32 Å². The van der Waals surface area contributed by atoms with Gasteiger partial charge in [0.25, 0.3) is 0 Å². The van der Waals surface area contributed by atoms with E-state index < -0.39 is 26.4 Å². The molecule has 1 heterocycles. The van der Waals surface area contributed by atoms with Gasteiger partial charge in [-0.2, -0.15) is 0 Å². The first-order chi connectivity index (χ1) is 8.14. The first-order valence-corrected chi connectivity index (χ1v) is 7.89. The third-order valence-electron chi connectivity index (χ3n) is 3.13. The largest absolute Gasteiger partial charge is 0.348 e. The molecule has 1 aliphatic rings. The normalized spacial score (nSPS) is 23.4. The van der Waals surface area contributed by atoms with Crippen LogP contribution in [0.4, 0.5) is 0 Å². The van der Waals surface area contributed by atoms with Crippen LogP contribution in [-0.4, -0.2) is 37.7 Å². The van der Waals surface area contributed by atoms with Gasteiger partial charge >= 0.3 is 0 Å². The number of rotatable bonds is 3. The summed E-state index contributed by atoms with van der Waals surface area (Å²) in [4.78, 5) is 23.5. The Kier molecular flexibility index (Phi) is 4.53. The molecule has 1 saturated heterocycles. The quantitative estimate of drug-likeness (QED) is 0.821. The van der Waals surface area contributed by atoms with Crippen LogP contribution in [0.25, 0.3) is 0 Å². The monoisotopic (exact) mass is 275 g/mol. The summed E-state index contributed by atoms with van der Waals surface area (Å²) >= 11 is 0. The second kappa shape index (κ2) is 5.38. The molecule has 0 bridgehead atoms. The summed E-state index contributed by atoms with van der Waals surface area (Å²) in [6, 6.07) is 0. The number of ketones is 1. The van der Waals surface area contributed by atoms with E-state index in [0.29, 0.717) is 12.8 Å². The van der Waals surface area contributed by atoms with Crippen LogP contribution in [0.5, 0.6) is 0 Å². The number of carbonyl (C=O) groups is 2. The van der Waals surface area contributed by atoms with Crippen LogP contribution < -0.4 is 5.32 Å². The summed E-state index contributed by atoms with van der Waals surface area (Å²) in [5.41, 5.74) is -0.529. The molecule has 0 radical (unpaired) electrons. The zero-order valence-electron chi connectivity index (χ0n) is 11.2. The van der Waals surface area contributed by atoms with Gasteiger partial charge in [0.1, 0.15) is 5.25 Å². The second-order valence-electron chi connectivity index (χ2n) is 5.74. The molecule has 1 aliphatic heterocycles. The lowest BCUT2D eigenvalue weighted by Crippen LogP contribution is -2.45. The van der Waals surface area contributed by atoms with Crippen LogP contribution >= 0.6 is 0 Å². The molecule has 0 aromatic carbocycles. The molecule has 1 atom stereocenters. The minimum absolute atomic E-state index is 0.0678. The number of carbonyl (C=O) groups excluding carboxylic acids is 2. The van der Waals surface area contributed by atoms with Crippen molar-refractivity contribution < 1.29 is 18.0 Å². The van der Waals surface area contributed by atoms with Gasteiger partial charge in [-0.25, -0.2) is 8.42 Å². The van der Waals surface area contributed by atoms with E-state index >= 15 is 0 Å². The summed E-state index contributed by atoms with van der Waals surface area (Å²) in [7, 11) is -3.33. The Morgan fingerprint density at radius 1 is 1.22 bits per heavy atom. The van der Waals surface area contributed by atoms with Crippen molar-refractivity contribution in [3.63, 3.8) is 0 Å². The van der Waals surface area contributed by atoms with E-state index in [9.17, 15) is 18.0 Å². The van der Waals surface area contributed by atoms with Crippen LogP contribution in [0.3, 0.4) is 0 Å². The van der Waals surface area contributed by atoms with Crippen LogP contribution in [-0.2, 0) is 19.4 Å². The molecule has 0 spiro atoms. The molecule has 0 aromatic rings. The average Bonchev–Trinajstić information content (AvgIpc) is 2.23. The fourth-order valence-electron chi connectivity index (χ4n) is 1.80. The van der Waals surface area contributed by atoms with Crippen molar-refractivity contribution >= 4 is 21.5 Å². The van der Waals surface area contributed by atoms with E-state index in [2.05, 4.69) is 5.32 Å². The van der Waals surface area contributed by atoms with Crippen LogP contribution in [0.2, 0.25) is 0 Å². The molecule has 1 fully saturated rings. The molecule has 0 aliphatic carbocycles.